The standard InChI is InChI=1S/C31H33FN4O4.C24H27BrN4O2/c1-19-13-22(5-7-25(19)31(37)35-21-3-4-21)36-18-34-30-27(33-17-20-9-11-39-12-10-20)15-24(16-28(30)36)40-23-6-8-29(38-2)26(32)14-23;1-15-10-19(4-5-20(15)24(30)28-18-2-3-18)29-14-27-23-21(11-17(25)12-22(23)29)26-13-16-6-8-31-9-7-16/h5-8,13-16,18,20-21,33H,3-4,9-12,17H2,1-2H3,(H,35,37);4-5,10-12,14,16,18,26H,2-3,6-9,13H2,1H3,(H,28,30). The molecule has 2 aromatic heterocycles. The summed E-state index contributed by atoms with van der Waals surface area (Å²) in [5.74, 6) is 1.68. The zero-order valence-electron chi connectivity index (χ0n) is 40.4. The second kappa shape index (κ2) is 21.5. The molecule has 16 heteroatoms. The number of hydrogen-bond acceptors (Lipinski definition) is 10. The molecule has 2 aliphatic heterocycles. The van der Waals surface area contributed by atoms with E-state index in [1.165, 1.54) is 13.2 Å². The lowest BCUT2D eigenvalue weighted by Gasteiger charge is -2.23. The number of ether oxygens (including phenoxy) is 4. The van der Waals surface area contributed by atoms with E-state index >= 15 is 0 Å². The summed E-state index contributed by atoms with van der Waals surface area (Å²) >= 11 is 3.66. The molecule has 0 radical (unpaired) electrons. The van der Waals surface area contributed by atoms with Crippen molar-refractivity contribution in [1.82, 2.24) is 29.7 Å². The number of aromatic nitrogens is 4. The molecule has 2 saturated carbocycles. The van der Waals surface area contributed by atoms with Crippen LogP contribution in [-0.2, 0) is 9.47 Å². The first-order valence-corrected chi connectivity index (χ1v) is 25.5. The first kappa shape index (κ1) is 48.2. The Morgan fingerprint density at radius 3 is 1.63 bits per heavy atom. The Morgan fingerprint density at radius 1 is 0.648 bits per heavy atom. The molecule has 0 spiro atoms. The molecule has 7 aromatic rings. The third-order valence-corrected chi connectivity index (χ3v) is 14.2. The topological polar surface area (TPSA) is 155 Å². The van der Waals surface area contributed by atoms with Crippen LogP contribution in [0.25, 0.3) is 33.4 Å². The quantitative estimate of drug-likeness (QED) is 0.0780. The number of benzene rings is 5. The highest BCUT2D eigenvalue weighted by atomic mass is 79.9. The first-order valence-electron chi connectivity index (χ1n) is 24.7. The van der Waals surface area contributed by atoms with Gasteiger partial charge in [-0.15, -0.1) is 0 Å². The summed E-state index contributed by atoms with van der Waals surface area (Å²) in [7, 11) is 1.43. The Labute approximate surface area is 421 Å². The summed E-state index contributed by atoms with van der Waals surface area (Å²) in [6.45, 7) is 8.89. The van der Waals surface area contributed by atoms with Crippen molar-refractivity contribution in [3.8, 4) is 28.6 Å². The minimum absolute atomic E-state index is 0.0179. The zero-order chi connectivity index (χ0) is 49.0. The molecule has 0 bridgehead atoms. The van der Waals surface area contributed by atoms with Crippen LogP contribution in [0.15, 0.2) is 96.0 Å². The van der Waals surface area contributed by atoms with Crippen LogP contribution in [0.2, 0.25) is 0 Å². The van der Waals surface area contributed by atoms with E-state index in [1.54, 1.807) is 18.5 Å². The van der Waals surface area contributed by atoms with Crippen LogP contribution in [0.4, 0.5) is 15.8 Å². The first-order chi connectivity index (χ1) is 34.6. The van der Waals surface area contributed by atoms with E-state index in [-0.39, 0.29) is 17.6 Å². The molecule has 14 nitrogen and oxygen atoms in total. The van der Waals surface area contributed by atoms with E-state index in [1.807, 2.05) is 67.2 Å². The minimum atomic E-state index is -0.495. The van der Waals surface area contributed by atoms with Gasteiger partial charge in [0.05, 0.1) is 29.5 Å². The molecule has 0 unspecified atom stereocenters. The molecule has 2 amide bonds. The van der Waals surface area contributed by atoms with Crippen LogP contribution in [0.5, 0.6) is 17.2 Å². The Hall–Kier alpha value is -6.49. The molecule has 0 atom stereocenters. The maximum atomic E-state index is 14.4. The van der Waals surface area contributed by atoms with Gasteiger partial charge in [-0.3, -0.25) is 18.7 Å². The molecule has 4 fully saturated rings. The number of hydrogen-bond donors (Lipinski definition) is 4. The van der Waals surface area contributed by atoms with E-state index in [2.05, 4.69) is 60.0 Å². The number of nitrogens with one attached hydrogen (secondary N) is 4. The third kappa shape index (κ3) is 11.5. The van der Waals surface area contributed by atoms with Crippen LogP contribution in [0.1, 0.15) is 83.2 Å². The molecule has 4 heterocycles. The number of methoxy groups -OCH3 is 1. The van der Waals surface area contributed by atoms with Crippen molar-refractivity contribution in [2.75, 3.05) is 57.3 Å². The molecule has 11 rings (SSSR count). The summed E-state index contributed by atoms with van der Waals surface area (Å²) in [5.41, 5.74) is 10.6. The van der Waals surface area contributed by atoms with Gasteiger partial charge in [0.15, 0.2) is 11.6 Å². The highest BCUT2D eigenvalue weighted by Crippen LogP contribution is 2.36. The van der Waals surface area contributed by atoms with Crippen LogP contribution in [0, 0.1) is 31.5 Å². The molecule has 370 valence electrons. The molecular formula is C55H60BrFN8O6. The van der Waals surface area contributed by atoms with Gasteiger partial charge in [0, 0.05) is 96.8 Å². The van der Waals surface area contributed by atoms with Gasteiger partial charge in [-0.2, -0.15) is 0 Å². The van der Waals surface area contributed by atoms with Crippen molar-refractivity contribution in [1.29, 1.82) is 0 Å². The average molecular weight is 1030 g/mol. The van der Waals surface area contributed by atoms with Crippen molar-refractivity contribution >= 4 is 61.2 Å². The molecule has 2 aliphatic carbocycles. The largest absolute Gasteiger partial charge is 0.494 e. The van der Waals surface area contributed by atoms with E-state index in [0.717, 1.165) is 157 Å². The summed E-state index contributed by atoms with van der Waals surface area (Å²) < 4.78 is 41.6. The number of rotatable bonds is 15. The monoisotopic (exact) mass is 1030 g/mol. The van der Waals surface area contributed by atoms with E-state index in [0.29, 0.717) is 41.0 Å². The fourth-order valence-electron chi connectivity index (χ4n) is 9.25. The molecule has 4 aliphatic rings. The maximum absolute atomic E-state index is 14.4. The Bertz CT molecular complexity index is 3060. The van der Waals surface area contributed by atoms with Gasteiger partial charge < -0.3 is 40.2 Å². The summed E-state index contributed by atoms with van der Waals surface area (Å²) in [6, 6.07) is 24.9. The Morgan fingerprint density at radius 2 is 1.15 bits per heavy atom. The van der Waals surface area contributed by atoms with Crippen molar-refractivity contribution in [3.63, 3.8) is 0 Å². The molecule has 71 heavy (non-hydrogen) atoms. The number of aryl methyl sites for hydroxylation is 2. The predicted octanol–water partition coefficient (Wildman–Crippen LogP) is 10.8. The molecule has 2 saturated heterocycles. The summed E-state index contributed by atoms with van der Waals surface area (Å²) in [6.07, 6.45) is 12.1. The zero-order valence-corrected chi connectivity index (χ0v) is 41.9. The number of imidazole rings is 2. The van der Waals surface area contributed by atoms with E-state index in [9.17, 15) is 14.0 Å². The predicted molar refractivity (Wildman–Crippen MR) is 277 cm³/mol. The highest BCUT2D eigenvalue weighted by molar-refractivity contribution is 9.10. The van der Waals surface area contributed by atoms with Crippen LogP contribution >= 0.6 is 15.9 Å². The van der Waals surface area contributed by atoms with E-state index in [4.69, 9.17) is 28.9 Å². The van der Waals surface area contributed by atoms with Gasteiger partial charge >= 0.3 is 0 Å². The van der Waals surface area contributed by atoms with Crippen LogP contribution in [-0.4, -0.2) is 89.6 Å². The SMILES string of the molecule is COc1ccc(Oc2cc(NCC3CCOCC3)c3ncn(-c4ccc(C(=O)NC5CC5)c(C)c4)c3c2)cc1F.Cc1cc(-n2cnc3c(NCC4CCOCC4)cc(Br)cc32)ccc1C(=O)NC1CC1. The summed E-state index contributed by atoms with van der Waals surface area (Å²) in [4.78, 5) is 34.6. The Balaban J connectivity index is 0.000000169. The molecule has 4 N–H and O–H groups in total. The number of carbonyl (C=O) groups excluding carboxylic acids is 2. The number of halogens is 2. The lowest BCUT2D eigenvalue weighted by Crippen LogP contribution is -2.26. The van der Waals surface area contributed by atoms with Gasteiger partial charge in [-0.05, 0) is 149 Å². The smallest absolute Gasteiger partial charge is 0.251 e. The van der Waals surface area contributed by atoms with Crippen molar-refractivity contribution in [2.45, 2.75) is 77.3 Å². The second-order valence-electron chi connectivity index (χ2n) is 19.2. The highest BCUT2D eigenvalue weighted by Gasteiger charge is 2.26. The van der Waals surface area contributed by atoms with Gasteiger partial charge in [0.1, 0.15) is 35.2 Å². The molecular weight excluding hydrogens is 968 g/mol. The third-order valence-electron chi connectivity index (χ3n) is 13.7. The van der Waals surface area contributed by atoms with Crippen LogP contribution < -0.4 is 30.7 Å². The van der Waals surface area contributed by atoms with Gasteiger partial charge in [-0.1, -0.05) is 15.9 Å². The number of nitrogens with zero attached hydrogens (tertiary/aromatic N) is 4. The minimum Gasteiger partial charge on any atom is -0.494 e. The van der Waals surface area contributed by atoms with Gasteiger partial charge in [0.2, 0.25) is 0 Å². The molecule has 5 aromatic carbocycles. The normalized spacial score (nSPS) is 16.3. The van der Waals surface area contributed by atoms with Gasteiger partial charge in [0.25, 0.3) is 11.8 Å². The lowest BCUT2D eigenvalue weighted by atomic mass is 10.0. The summed E-state index contributed by atoms with van der Waals surface area (Å²) in [5, 5.41) is 13.3. The maximum Gasteiger partial charge on any atom is 0.251 e. The number of amides is 2. The fraction of sp³-hybridized carbons (Fsp3) is 0.382. The van der Waals surface area contributed by atoms with Gasteiger partial charge in [-0.25, -0.2) is 14.4 Å². The van der Waals surface area contributed by atoms with Crippen molar-refractivity contribution < 1.29 is 32.9 Å². The number of fused-ring (bicyclic) bond motifs is 2. The van der Waals surface area contributed by atoms with Crippen molar-refractivity contribution in [2.24, 2.45) is 11.8 Å². The Kier molecular flexibility index (Phi) is 14.6. The van der Waals surface area contributed by atoms with E-state index < -0.39 is 5.82 Å². The number of carbonyl (C=O) groups is 2. The fourth-order valence-corrected chi connectivity index (χ4v) is 9.70. The average Bonchev–Trinajstić information content (AvgIpc) is 4.29. The van der Waals surface area contributed by atoms with Crippen molar-refractivity contribution in [3.05, 3.63) is 124 Å². The van der Waals surface area contributed by atoms with Crippen LogP contribution in [0.3, 0.4) is 0 Å². The number of anilines is 2. The second-order valence-corrected chi connectivity index (χ2v) is 20.1. The lowest BCUT2D eigenvalue weighted by molar-refractivity contribution is 0.0698.